The second kappa shape index (κ2) is 10.2. The number of ether oxygens (including phenoxy) is 1. The molecule has 0 saturated carbocycles. The van der Waals surface area contributed by atoms with Crippen molar-refractivity contribution in [2.45, 2.75) is 19.3 Å². The average Bonchev–Trinajstić information content (AvgIpc) is 2.56. The summed E-state index contributed by atoms with van der Waals surface area (Å²) in [6.45, 7) is 13.2. The van der Waals surface area contributed by atoms with Gasteiger partial charge in [-0.05, 0) is 19.3 Å². The van der Waals surface area contributed by atoms with Crippen LogP contribution in [0.4, 0.5) is 0 Å². The maximum Gasteiger partial charge on any atom is 0.334 e. The van der Waals surface area contributed by atoms with E-state index in [0.29, 0.717) is 19.3 Å². The summed E-state index contributed by atoms with van der Waals surface area (Å²) in [5.74, 6) is -0.643. The molecule has 0 aliphatic carbocycles. The van der Waals surface area contributed by atoms with E-state index in [9.17, 15) is 20.1 Å². The Morgan fingerprint density at radius 1 is 0.913 bits per heavy atom. The van der Waals surface area contributed by atoms with E-state index in [0.717, 1.165) is 0 Å². The number of aliphatic hydroxyl groups is 3. The topological polar surface area (TPSA) is 87.0 Å². The molecule has 0 heterocycles. The van der Waals surface area contributed by atoms with E-state index in [4.69, 9.17) is 4.74 Å². The first kappa shape index (κ1) is 21.3. The van der Waals surface area contributed by atoms with Crippen LogP contribution in [0.1, 0.15) is 19.3 Å². The number of allylic oxidation sites excluding steroid dienone is 3. The molecule has 0 amide bonds. The van der Waals surface area contributed by atoms with E-state index in [1.807, 2.05) is 0 Å². The molecule has 0 unspecified atom stereocenters. The number of hydrogen-bond acceptors (Lipinski definition) is 5. The molecular weight excluding hydrogens is 296 g/mol. The quantitative estimate of drug-likeness (QED) is 0.273. The average molecular weight is 324 g/mol. The third kappa shape index (κ3) is 5.46. The highest BCUT2D eigenvalue weighted by Gasteiger charge is 2.36. The van der Waals surface area contributed by atoms with Gasteiger partial charge in [-0.3, -0.25) is 0 Å². The van der Waals surface area contributed by atoms with Crippen LogP contribution in [0.15, 0.2) is 50.1 Å². The Kier molecular flexibility index (Phi) is 9.41. The van der Waals surface area contributed by atoms with Crippen LogP contribution in [0.3, 0.4) is 0 Å². The highest BCUT2D eigenvalue weighted by atomic mass is 16.5. The van der Waals surface area contributed by atoms with Crippen LogP contribution in [-0.2, 0) is 9.53 Å². The second-order valence-electron chi connectivity index (χ2n) is 5.79. The standard InChI is InChI=1S/C18H28O5/c1-5-8-18(9-6-2,10-7-3)15(4)16(22)23-14-17(11-19,12-20)13-21/h5-7,19-21H,1-4,8-14H2. The summed E-state index contributed by atoms with van der Waals surface area (Å²) in [7, 11) is 0. The van der Waals surface area contributed by atoms with Gasteiger partial charge >= 0.3 is 5.97 Å². The highest BCUT2D eigenvalue weighted by Crippen LogP contribution is 2.40. The van der Waals surface area contributed by atoms with Gasteiger partial charge in [0.25, 0.3) is 0 Å². The minimum absolute atomic E-state index is 0.250. The molecule has 0 aromatic rings. The lowest BCUT2D eigenvalue weighted by Gasteiger charge is -2.33. The van der Waals surface area contributed by atoms with Crippen molar-refractivity contribution in [3.8, 4) is 0 Å². The summed E-state index contributed by atoms with van der Waals surface area (Å²) in [6, 6.07) is 0. The number of carbonyl (C=O) groups is 1. The monoisotopic (exact) mass is 324 g/mol. The Labute approximate surface area is 138 Å². The molecule has 5 heteroatoms. The van der Waals surface area contributed by atoms with Gasteiger partial charge in [0.15, 0.2) is 0 Å². The number of esters is 1. The highest BCUT2D eigenvalue weighted by molar-refractivity contribution is 5.89. The lowest BCUT2D eigenvalue weighted by molar-refractivity contribution is -0.148. The van der Waals surface area contributed by atoms with Gasteiger partial charge < -0.3 is 20.1 Å². The molecule has 23 heavy (non-hydrogen) atoms. The van der Waals surface area contributed by atoms with Crippen LogP contribution in [-0.4, -0.2) is 47.7 Å². The summed E-state index contributed by atoms with van der Waals surface area (Å²) in [6.07, 6.45) is 6.61. The Hall–Kier alpha value is -1.69. The van der Waals surface area contributed by atoms with Gasteiger partial charge in [0.2, 0.25) is 0 Å². The fourth-order valence-electron chi connectivity index (χ4n) is 2.26. The van der Waals surface area contributed by atoms with Crippen LogP contribution in [0.5, 0.6) is 0 Å². The van der Waals surface area contributed by atoms with E-state index < -0.39 is 36.6 Å². The van der Waals surface area contributed by atoms with Gasteiger partial charge in [-0.2, -0.15) is 0 Å². The zero-order chi connectivity index (χ0) is 17.9. The Bertz CT molecular complexity index is 400. The maximum atomic E-state index is 12.3. The molecule has 0 atom stereocenters. The van der Waals surface area contributed by atoms with Crippen LogP contribution in [0.25, 0.3) is 0 Å². The first-order valence-electron chi connectivity index (χ1n) is 7.42. The summed E-state index contributed by atoms with van der Waals surface area (Å²) >= 11 is 0. The first-order valence-corrected chi connectivity index (χ1v) is 7.42. The van der Waals surface area contributed by atoms with Crippen molar-refractivity contribution in [3.63, 3.8) is 0 Å². The second-order valence-corrected chi connectivity index (χ2v) is 5.79. The molecule has 0 aromatic carbocycles. The van der Waals surface area contributed by atoms with E-state index in [1.165, 1.54) is 0 Å². The zero-order valence-electron chi connectivity index (χ0n) is 13.7. The maximum absolute atomic E-state index is 12.3. The Balaban J connectivity index is 5.20. The van der Waals surface area contributed by atoms with Crippen LogP contribution in [0, 0.1) is 10.8 Å². The minimum atomic E-state index is -1.27. The van der Waals surface area contributed by atoms with Gasteiger partial charge in [0.1, 0.15) is 6.61 Å². The number of rotatable bonds is 13. The first-order chi connectivity index (χ1) is 10.9. The molecule has 0 aromatic heterocycles. The summed E-state index contributed by atoms with van der Waals surface area (Å²) < 4.78 is 5.17. The zero-order valence-corrected chi connectivity index (χ0v) is 13.7. The normalized spacial score (nSPS) is 11.6. The summed E-state index contributed by atoms with van der Waals surface area (Å²) in [4.78, 5) is 12.3. The largest absolute Gasteiger partial charge is 0.461 e. The van der Waals surface area contributed by atoms with Crippen LogP contribution in [0.2, 0.25) is 0 Å². The molecule has 0 spiro atoms. The fraction of sp³-hybridized carbons (Fsp3) is 0.500. The lowest BCUT2D eigenvalue weighted by Crippen LogP contribution is -2.40. The van der Waals surface area contributed by atoms with Crippen molar-refractivity contribution >= 4 is 5.97 Å². The predicted octanol–water partition coefficient (Wildman–Crippen LogP) is 1.76. The van der Waals surface area contributed by atoms with Gasteiger partial charge in [-0.25, -0.2) is 4.79 Å². The lowest BCUT2D eigenvalue weighted by atomic mass is 9.72. The molecular formula is C18H28O5. The molecule has 0 saturated heterocycles. The molecule has 0 aliphatic rings. The Morgan fingerprint density at radius 2 is 1.30 bits per heavy atom. The van der Waals surface area contributed by atoms with Crippen molar-refractivity contribution in [1.82, 2.24) is 0 Å². The molecule has 3 N–H and O–H groups in total. The van der Waals surface area contributed by atoms with Gasteiger partial charge in [-0.1, -0.05) is 24.8 Å². The van der Waals surface area contributed by atoms with Crippen molar-refractivity contribution in [1.29, 1.82) is 0 Å². The van der Waals surface area contributed by atoms with Crippen molar-refractivity contribution in [2.24, 2.45) is 10.8 Å². The van der Waals surface area contributed by atoms with Crippen molar-refractivity contribution < 1.29 is 24.9 Å². The van der Waals surface area contributed by atoms with E-state index >= 15 is 0 Å². The number of aliphatic hydroxyl groups excluding tert-OH is 3. The third-order valence-corrected chi connectivity index (χ3v) is 4.01. The van der Waals surface area contributed by atoms with Crippen molar-refractivity contribution in [2.75, 3.05) is 26.4 Å². The van der Waals surface area contributed by atoms with E-state index in [2.05, 4.69) is 26.3 Å². The summed E-state index contributed by atoms with van der Waals surface area (Å²) in [5.41, 5.74) is -1.63. The smallest absolute Gasteiger partial charge is 0.334 e. The van der Waals surface area contributed by atoms with E-state index in [-0.39, 0.29) is 12.2 Å². The van der Waals surface area contributed by atoms with Gasteiger partial charge in [0.05, 0.1) is 25.2 Å². The van der Waals surface area contributed by atoms with Gasteiger partial charge in [0, 0.05) is 11.0 Å². The Morgan fingerprint density at radius 3 is 1.61 bits per heavy atom. The SMILES string of the molecule is C=CCC(CC=C)(CC=C)C(=C)C(=O)OCC(CO)(CO)CO. The van der Waals surface area contributed by atoms with Crippen LogP contribution >= 0.6 is 0 Å². The molecule has 130 valence electrons. The van der Waals surface area contributed by atoms with Gasteiger partial charge in [-0.15, -0.1) is 19.7 Å². The molecule has 0 radical (unpaired) electrons. The number of carbonyl (C=O) groups excluding carboxylic acids is 1. The summed E-state index contributed by atoms with van der Waals surface area (Å²) in [5, 5.41) is 27.8. The molecule has 0 bridgehead atoms. The molecule has 0 rings (SSSR count). The third-order valence-electron chi connectivity index (χ3n) is 4.01. The molecule has 0 fully saturated rings. The van der Waals surface area contributed by atoms with Crippen molar-refractivity contribution in [3.05, 3.63) is 50.1 Å². The predicted molar refractivity (Wildman–Crippen MR) is 90.7 cm³/mol. The fourth-order valence-corrected chi connectivity index (χ4v) is 2.26. The van der Waals surface area contributed by atoms with E-state index in [1.54, 1.807) is 18.2 Å². The molecule has 5 nitrogen and oxygen atoms in total. The van der Waals surface area contributed by atoms with Crippen LogP contribution < -0.4 is 0 Å². The number of hydrogen-bond donors (Lipinski definition) is 3. The minimum Gasteiger partial charge on any atom is -0.461 e. The molecule has 0 aliphatic heterocycles.